The lowest BCUT2D eigenvalue weighted by Crippen LogP contribution is -1.97. The topological polar surface area (TPSA) is 22.1 Å². The highest BCUT2D eigenvalue weighted by Gasteiger charge is 2.04. The molecule has 0 atom stereocenters. The molecule has 0 aromatic carbocycles. The molecule has 0 bridgehead atoms. The number of allylic oxidation sites excluding steroid dienone is 1. The number of aromatic nitrogens is 1. The molecule has 2 heteroatoms. The molecule has 1 aromatic heterocycles. The summed E-state index contributed by atoms with van der Waals surface area (Å²) in [6.45, 7) is 0. The Morgan fingerprint density at radius 3 is 3.40 bits per heavy atom. The van der Waals surface area contributed by atoms with E-state index in [2.05, 4.69) is 4.98 Å². The van der Waals surface area contributed by atoms with Crippen molar-refractivity contribution in [1.29, 1.82) is 0 Å². The van der Waals surface area contributed by atoms with Gasteiger partial charge in [-0.3, -0.25) is 0 Å². The fourth-order valence-corrected chi connectivity index (χ4v) is 0.973. The van der Waals surface area contributed by atoms with E-state index in [0.29, 0.717) is 0 Å². The third-order valence-electron chi connectivity index (χ3n) is 1.46. The monoisotopic (exact) mass is 133 g/mol. The van der Waals surface area contributed by atoms with E-state index in [1.54, 1.807) is 12.5 Å². The van der Waals surface area contributed by atoms with Gasteiger partial charge in [0.05, 0.1) is 6.26 Å². The van der Waals surface area contributed by atoms with Gasteiger partial charge in [-0.05, 0) is 18.6 Å². The van der Waals surface area contributed by atoms with E-state index in [1.165, 1.54) is 0 Å². The minimum atomic E-state index is 0.741. The largest absolute Gasteiger partial charge is 0.447 e. The molecule has 2 heterocycles. The zero-order valence-electron chi connectivity index (χ0n) is 5.45. The molecule has 50 valence electrons. The van der Waals surface area contributed by atoms with Crippen LogP contribution in [0.15, 0.2) is 30.7 Å². The average molecular weight is 133 g/mol. The molecule has 0 unspecified atom stereocenters. The first-order valence-electron chi connectivity index (χ1n) is 3.22. The standard InChI is InChI=1S/C8H7NO/c1-3-7-4-2-6-10-8(7)9-5-1/h1-3,5-6H,4H2. The summed E-state index contributed by atoms with van der Waals surface area (Å²) in [6, 6.07) is 3.94. The number of hydrogen-bond acceptors (Lipinski definition) is 2. The van der Waals surface area contributed by atoms with Gasteiger partial charge in [-0.15, -0.1) is 0 Å². The summed E-state index contributed by atoms with van der Waals surface area (Å²) in [5.41, 5.74) is 1.16. The first-order chi connectivity index (χ1) is 4.97. The van der Waals surface area contributed by atoms with Crippen LogP contribution in [-0.4, -0.2) is 4.98 Å². The summed E-state index contributed by atoms with van der Waals surface area (Å²) in [4.78, 5) is 4.05. The maximum absolute atomic E-state index is 5.13. The molecule has 1 aromatic rings. The highest BCUT2D eigenvalue weighted by Crippen LogP contribution is 2.18. The summed E-state index contributed by atoms with van der Waals surface area (Å²) in [7, 11) is 0. The van der Waals surface area contributed by atoms with Gasteiger partial charge in [-0.2, -0.15) is 0 Å². The first-order valence-corrected chi connectivity index (χ1v) is 3.22. The van der Waals surface area contributed by atoms with E-state index in [-0.39, 0.29) is 0 Å². The summed E-state index contributed by atoms with van der Waals surface area (Å²) >= 11 is 0. The van der Waals surface area contributed by atoms with Crippen LogP contribution in [0.2, 0.25) is 0 Å². The predicted octanol–water partition coefficient (Wildman–Crippen LogP) is 1.53. The zero-order valence-corrected chi connectivity index (χ0v) is 5.45. The summed E-state index contributed by atoms with van der Waals surface area (Å²) < 4.78 is 5.13. The van der Waals surface area contributed by atoms with E-state index in [9.17, 15) is 0 Å². The number of hydrogen-bond donors (Lipinski definition) is 0. The quantitative estimate of drug-likeness (QED) is 0.535. The second-order valence-electron chi connectivity index (χ2n) is 2.16. The number of fused-ring (bicyclic) bond motifs is 1. The lowest BCUT2D eigenvalue weighted by molar-refractivity contribution is 0.445. The van der Waals surface area contributed by atoms with Crippen LogP contribution in [0.25, 0.3) is 0 Å². The van der Waals surface area contributed by atoms with Gasteiger partial charge in [0, 0.05) is 11.8 Å². The number of nitrogens with zero attached hydrogens (tertiary/aromatic N) is 1. The van der Waals surface area contributed by atoms with Crippen molar-refractivity contribution in [3.8, 4) is 5.88 Å². The zero-order chi connectivity index (χ0) is 6.81. The van der Waals surface area contributed by atoms with Crippen LogP contribution in [0.4, 0.5) is 0 Å². The molecular weight excluding hydrogens is 126 g/mol. The lowest BCUT2D eigenvalue weighted by atomic mass is 10.2. The molecule has 0 fully saturated rings. The maximum atomic E-state index is 5.13. The molecule has 0 N–H and O–H groups in total. The van der Waals surface area contributed by atoms with Gasteiger partial charge in [0.25, 0.3) is 0 Å². The van der Waals surface area contributed by atoms with E-state index in [1.807, 2.05) is 18.2 Å². The van der Waals surface area contributed by atoms with Gasteiger partial charge in [0.1, 0.15) is 0 Å². The second kappa shape index (κ2) is 2.14. The number of pyridine rings is 1. The summed E-state index contributed by atoms with van der Waals surface area (Å²) in [5, 5.41) is 0. The minimum Gasteiger partial charge on any atom is -0.447 e. The molecule has 1 aliphatic heterocycles. The Kier molecular flexibility index (Phi) is 1.17. The van der Waals surface area contributed by atoms with Gasteiger partial charge in [0.2, 0.25) is 5.88 Å². The molecule has 1 aliphatic rings. The molecule has 0 aliphatic carbocycles. The first kappa shape index (κ1) is 5.47. The third-order valence-corrected chi connectivity index (χ3v) is 1.46. The van der Waals surface area contributed by atoms with E-state index in [4.69, 9.17) is 4.74 Å². The van der Waals surface area contributed by atoms with Crippen molar-refractivity contribution in [2.45, 2.75) is 6.42 Å². The van der Waals surface area contributed by atoms with Crippen molar-refractivity contribution < 1.29 is 4.74 Å². The lowest BCUT2D eigenvalue weighted by Gasteiger charge is -2.08. The summed E-state index contributed by atoms with van der Waals surface area (Å²) in [6.07, 6.45) is 6.32. The van der Waals surface area contributed by atoms with Gasteiger partial charge in [0.15, 0.2) is 0 Å². The van der Waals surface area contributed by atoms with Gasteiger partial charge in [-0.25, -0.2) is 4.98 Å². The molecule has 2 nitrogen and oxygen atoms in total. The molecule has 0 amide bonds. The van der Waals surface area contributed by atoms with Crippen molar-refractivity contribution in [3.05, 3.63) is 36.2 Å². The Balaban J connectivity index is 2.47. The maximum Gasteiger partial charge on any atom is 0.221 e. The normalized spacial score (nSPS) is 14.0. The molecule has 0 saturated heterocycles. The van der Waals surface area contributed by atoms with E-state index < -0.39 is 0 Å². The Morgan fingerprint density at radius 1 is 1.50 bits per heavy atom. The number of rotatable bonds is 0. The van der Waals surface area contributed by atoms with Gasteiger partial charge in [-0.1, -0.05) is 6.07 Å². The molecule has 0 saturated carbocycles. The molecule has 0 spiro atoms. The SMILES string of the molecule is C1=COc2ncccc2C1. The Hall–Kier alpha value is -1.31. The van der Waals surface area contributed by atoms with Crippen LogP contribution in [-0.2, 0) is 6.42 Å². The van der Waals surface area contributed by atoms with Crippen LogP contribution in [0.3, 0.4) is 0 Å². The molecule has 0 radical (unpaired) electrons. The minimum absolute atomic E-state index is 0.741. The van der Waals surface area contributed by atoms with Crippen molar-refractivity contribution in [2.24, 2.45) is 0 Å². The highest BCUT2D eigenvalue weighted by atomic mass is 16.5. The van der Waals surface area contributed by atoms with Crippen LogP contribution in [0.1, 0.15) is 5.56 Å². The van der Waals surface area contributed by atoms with Crippen molar-refractivity contribution in [1.82, 2.24) is 4.98 Å². The van der Waals surface area contributed by atoms with Crippen LogP contribution in [0, 0.1) is 0 Å². The van der Waals surface area contributed by atoms with Gasteiger partial charge >= 0.3 is 0 Å². The van der Waals surface area contributed by atoms with E-state index >= 15 is 0 Å². The van der Waals surface area contributed by atoms with Crippen molar-refractivity contribution >= 4 is 0 Å². The number of ether oxygens (including phenoxy) is 1. The third kappa shape index (κ3) is 0.778. The smallest absolute Gasteiger partial charge is 0.221 e. The molecule has 10 heavy (non-hydrogen) atoms. The van der Waals surface area contributed by atoms with Crippen molar-refractivity contribution in [2.75, 3.05) is 0 Å². The van der Waals surface area contributed by atoms with E-state index in [0.717, 1.165) is 17.9 Å². The Bertz CT molecular complexity index is 241. The second-order valence-corrected chi connectivity index (χ2v) is 2.16. The molecule has 2 rings (SSSR count). The Labute approximate surface area is 59.2 Å². The predicted molar refractivity (Wildman–Crippen MR) is 37.7 cm³/mol. The van der Waals surface area contributed by atoms with Crippen molar-refractivity contribution in [3.63, 3.8) is 0 Å². The van der Waals surface area contributed by atoms with Gasteiger partial charge < -0.3 is 4.74 Å². The van der Waals surface area contributed by atoms with Crippen LogP contribution < -0.4 is 4.74 Å². The van der Waals surface area contributed by atoms with Crippen LogP contribution >= 0.6 is 0 Å². The molecular formula is C8H7NO. The van der Waals surface area contributed by atoms with Crippen LogP contribution in [0.5, 0.6) is 5.88 Å². The fraction of sp³-hybridized carbons (Fsp3) is 0.125. The highest BCUT2D eigenvalue weighted by molar-refractivity contribution is 5.30. The fourth-order valence-electron chi connectivity index (χ4n) is 0.973. The summed E-state index contributed by atoms with van der Waals surface area (Å²) in [5.74, 6) is 0.741. The Morgan fingerprint density at radius 2 is 2.50 bits per heavy atom. The average Bonchev–Trinajstić information content (AvgIpc) is 2.05.